The van der Waals surface area contributed by atoms with Gasteiger partial charge in [-0.3, -0.25) is 9.59 Å². The number of amides is 2. The Kier molecular flexibility index (Phi) is 2.90. The number of carbonyl (C=O) groups is 2. The summed E-state index contributed by atoms with van der Waals surface area (Å²) >= 11 is 0. The third-order valence-electron chi connectivity index (χ3n) is 3.12. The molecule has 2 aliphatic rings. The fraction of sp³-hybridized carbons (Fsp3) is 0.800. The van der Waals surface area contributed by atoms with Crippen LogP contribution in [0.1, 0.15) is 12.8 Å². The lowest BCUT2D eigenvalue weighted by Crippen LogP contribution is -2.40. The van der Waals surface area contributed by atoms with E-state index in [1.165, 1.54) is 0 Å². The fourth-order valence-electron chi connectivity index (χ4n) is 2.16. The van der Waals surface area contributed by atoms with Gasteiger partial charge in [-0.1, -0.05) is 0 Å². The first-order valence-electron chi connectivity index (χ1n) is 5.42. The number of likely N-dealkylation sites (tertiary alicyclic amines) is 1. The van der Waals surface area contributed by atoms with Gasteiger partial charge in [0.25, 0.3) is 0 Å². The Balaban J connectivity index is 1.82. The molecule has 15 heavy (non-hydrogen) atoms. The van der Waals surface area contributed by atoms with Gasteiger partial charge in [0.05, 0.1) is 12.0 Å². The number of carbonyl (C=O) groups excluding carboxylic acids is 2. The molecule has 5 heteroatoms. The zero-order valence-electron chi connectivity index (χ0n) is 8.95. The van der Waals surface area contributed by atoms with Crippen molar-refractivity contribution in [3.63, 3.8) is 0 Å². The molecular weight excluding hydrogens is 194 g/mol. The quantitative estimate of drug-likeness (QED) is 0.612. The Morgan fingerprint density at radius 1 is 1.60 bits per heavy atom. The van der Waals surface area contributed by atoms with Crippen molar-refractivity contribution >= 4 is 11.8 Å². The summed E-state index contributed by atoms with van der Waals surface area (Å²) in [5.74, 6) is 0.295. The van der Waals surface area contributed by atoms with Crippen LogP contribution in [-0.4, -0.2) is 49.4 Å². The molecule has 2 saturated heterocycles. The van der Waals surface area contributed by atoms with Crippen molar-refractivity contribution in [3.05, 3.63) is 0 Å². The van der Waals surface area contributed by atoms with Gasteiger partial charge in [0.1, 0.15) is 0 Å². The van der Waals surface area contributed by atoms with Crippen LogP contribution in [0.2, 0.25) is 0 Å². The smallest absolute Gasteiger partial charge is 0.224 e. The molecule has 2 N–H and O–H groups in total. The van der Waals surface area contributed by atoms with Gasteiger partial charge >= 0.3 is 0 Å². The SMILES string of the molecule is CN1CC(NC(=O)[C@H]2CCNC2)CC1=O. The van der Waals surface area contributed by atoms with Gasteiger partial charge in [0.2, 0.25) is 11.8 Å². The topological polar surface area (TPSA) is 61.4 Å². The summed E-state index contributed by atoms with van der Waals surface area (Å²) < 4.78 is 0. The summed E-state index contributed by atoms with van der Waals surface area (Å²) in [4.78, 5) is 24.6. The number of nitrogens with one attached hydrogen (secondary N) is 2. The zero-order chi connectivity index (χ0) is 10.8. The molecule has 2 heterocycles. The molecule has 2 aliphatic heterocycles. The first kappa shape index (κ1) is 10.4. The lowest BCUT2D eigenvalue weighted by atomic mass is 10.1. The van der Waals surface area contributed by atoms with Gasteiger partial charge in [-0.05, 0) is 13.0 Å². The van der Waals surface area contributed by atoms with Crippen molar-refractivity contribution in [2.24, 2.45) is 5.92 Å². The predicted molar refractivity (Wildman–Crippen MR) is 55.2 cm³/mol. The molecule has 0 aromatic rings. The second kappa shape index (κ2) is 4.18. The molecule has 84 valence electrons. The first-order valence-corrected chi connectivity index (χ1v) is 5.42. The van der Waals surface area contributed by atoms with Crippen LogP contribution in [-0.2, 0) is 9.59 Å². The van der Waals surface area contributed by atoms with Crippen molar-refractivity contribution in [2.45, 2.75) is 18.9 Å². The van der Waals surface area contributed by atoms with Crippen LogP contribution >= 0.6 is 0 Å². The fourth-order valence-corrected chi connectivity index (χ4v) is 2.16. The average molecular weight is 211 g/mol. The van der Waals surface area contributed by atoms with Gasteiger partial charge in [-0.15, -0.1) is 0 Å². The van der Waals surface area contributed by atoms with E-state index in [2.05, 4.69) is 10.6 Å². The molecule has 2 atom stereocenters. The molecule has 0 saturated carbocycles. The molecule has 0 aliphatic carbocycles. The standard InChI is InChI=1S/C10H17N3O2/c1-13-6-8(4-9(13)14)12-10(15)7-2-3-11-5-7/h7-8,11H,2-6H2,1H3,(H,12,15)/t7-,8?/m0/s1. The minimum Gasteiger partial charge on any atom is -0.351 e. The summed E-state index contributed by atoms with van der Waals surface area (Å²) in [7, 11) is 1.77. The van der Waals surface area contributed by atoms with Crippen LogP contribution in [0.15, 0.2) is 0 Å². The summed E-state index contributed by atoms with van der Waals surface area (Å²) in [6, 6.07) is 0.00981. The van der Waals surface area contributed by atoms with Gasteiger partial charge < -0.3 is 15.5 Å². The van der Waals surface area contributed by atoms with E-state index in [1.807, 2.05) is 0 Å². The van der Waals surface area contributed by atoms with E-state index in [1.54, 1.807) is 11.9 Å². The first-order chi connectivity index (χ1) is 7.16. The maximum atomic E-state index is 11.7. The number of nitrogens with zero attached hydrogens (tertiary/aromatic N) is 1. The Hall–Kier alpha value is -1.10. The van der Waals surface area contributed by atoms with E-state index in [4.69, 9.17) is 0 Å². The molecule has 0 aromatic heterocycles. The van der Waals surface area contributed by atoms with E-state index < -0.39 is 0 Å². The largest absolute Gasteiger partial charge is 0.351 e. The van der Waals surface area contributed by atoms with Gasteiger partial charge in [0.15, 0.2) is 0 Å². The third-order valence-corrected chi connectivity index (χ3v) is 3.12. The van der Waals surface area contributed by atoms with Crippen LogP contribution in [0.4, 0.5) is 0 Å². The van der Waals surface area contributed by atoms with Gasteiger partial charge in [-0.25, -0.2) is 0 Å². The highest BCUT2D eigenvalue weighted by Crippen LogP contribution is 2.12. The molecule has 5 nitrogen and oxygen atoms in total. The Bertz CT molecular complexity index is 274. The normalized spacial score (nSPS) is 31.0. The monoisotopic (exact) mass is 211 g/mol. The molecular formula is C10H17N3O2. The van der Waals surface area contributed by atoms with Crippen LogP contribution in [0, 0.1) is 5.92 Å². The second-order valence-electron chi connectivity index (χ2n) is 4.37. The van der Waals surface area contributed by atoms with Crippen molar-refractivity contribution in [1.82, 2.24) is 15.5 Å². The predicted octanol–water partition coefficient (Wildman–Crippen LogP) is -1.06. The van der Waals surface area contributed by atoms with E-state index in [0.29, 0.717) is 13.0 Å². The second-order valence-corrected chi connectivity index (χ2v) is 4.37. The zero-order valence-corrected chi connectivity index (χ0v) is 8.95. The molecule has 2 fully saturated rings. The summed E-state index contributed by atoms with van der Waals surface area (Å²) in [6.07, 6.45) is 1.35. The van der Waals surface area contributed by atoms with Crippen molar-refractivity contribution in [2.75, 3.05) is 26.7 Å². The average Bonchev–Trinajstić information content (AvgIpc) is 2.77. The van der Waals surface area contributed by atoms with Crippen LogP contribution in [0.3, 0.4) is 0 Å². The number of hydrogen-bond acceptors (Lipinski definition) is 3. The lowest BCUT2D eigenvalue weighted by Gasteiger charge is -2.15. The summed E-state index contributed by atoms with van der Waals surface area (Å²) in [5, 5.41) is 6.10. The number of rotatable bonds is 2. The molecule has 0 aromatic carbocycles. The summed E-state index contributed by atoms with van der Waals surface area (Å²) in [5.41, 5.74) is 0. The highest BCUT2D eigenvalue weighted by Gasteiger charge is 2.30. The van der Waals surface area contributed by atoms with E-state index in [-0.39, 0.29) is 23.8 Å². The van der Waals surface area contributed by atoms with E-state index in [9.17, 15) is 9.59 Å². The van der Waals surface area contributed by atoms with E-state index in [0.717, 1.165) is 19.5 Å². The number of likely N-dealkylation sites (N-methyl/N-ethyl adjacent to an activating group) is 1. The van der Waals surface area contributed by atoms with Crippen LogP contribution in [0.25, 0.3) is 0 Å². The minimum absolute atomic E-state index is 0.00981. The minimum atomic E-state index is 0.00981. The van der Waals surface area contributed by atoms with Gasteiger partial charge in [0, 0.05) is 26.6 Å². The van der Waals surface area contributed by atoms with Crippen LogP contribution in [0.5, 0.6) is 0 Å². The summed E-state index contributed by atoms with van der Waals surface area (Å²) in [6.45, 7) is 2.33. The molecule has 0 radical (unpaired) electrons. The van der Waals surface area contributed by atoms with Crippen molar-refractivity contribution < 1.29 is 9.59 Å². The molecule has 2 amide bonds. The van der Waals surface area contributed by atoms with Gasteiger partial charge in [-0.2, -0.15) is 0 Å². The van der Waals surface area contributed by atoms with Crippen LogP contribution < -0.4 is 10.6 Å². The molecule has 0 spiro atoms. The Morgan fingerprint density at radius 2 is 2.40 bits per heavy atom. The molecule has 0 bridgehead atoms. The molecule has 1 unspecified atom stereocenters. The maximum absolute atomic E-state index is 11.7. The van der Waals surface area contributed by atoms with Crippen molar-refractivity contribution in [1.29, 1.82) is 0 Å². The highest BCUT2D eigenvalue weighted by atomic mass is 16.2. The number of hydrogen-bond donors (Lipinski definition) is 2. The molecule has 2 rings (SSSR count). The lowest BCUT2D eigenvalue weighted by molar-refractivity contribution is -0.126. The third kappa shape index (κ3) is 2.28. The maximum Gasteiger partial charge on any atom is 0.224 e. The highest BCUT2D eigenvalue weighted by molar-refractivity contribution is 5.83. The van der Waals surface area contributed by atoms with Crippen molar-refractivity contribution in [3.8, 4) is 0 Å². The Labute approximate surface area is 89.2 Å². The van der Waals surface area contributed by atoms with E-state index >= 15 is 0 Å². The Morgan fingerprint density at radius 3 is 2.93 bits per heavy atom.